The van der Waals surface area contributed by atoms with Crippen molar-refractivity contribution in [1.29, 1.82) is 0 Å². The van der Waals surface area contributed by atoms with Crippen LogP contribution in [0.3, 0.4) is 0 Å². The minimum atomic E-state index is -4.32. The van der Waals surface area contributed by atoms with Gasteiger partial charge < -0.3 is 34.5 Å². The number of piperidine rings is 1. The number of hydrogen-bond donors (Lipinski definition) is 3. The Bertz CT molecular complexity index is 2390. The number of hydrogen-bond acceptors (Lipinski definition) is 10. The van der Waals surface area contributed by atoms with E-state index in [0.29, 0.717) is 45.5 Å². The summed E-state index contributed by atoms with van der Waals surface area (Å²) in [6.45, 7) is 12.5. The molecule has 6 heterocycles. The van der Waals surface area contributed by atoms with Crippen molar-refractivity contribution in [2.24, 2.45) is 13.0 Å². The Balaban J connectivity index is 1.05. The summed E-state index contributed by atoms with van der Waals surface area (Å²) in [5.74, 6) is -2.11. The lowest BCUT2D eigenvalue weighted by Gasteiger charge is -2.46. The number of pyridine rings is 1. The van der Waals surface area contributed by atoms with Gasteiger partial charge in [-0.3, -0.25) is 24.2 Å². The molecule has 3 aliphatic heterocycles. The van der Waals surface area contributed by atoms with Crippen molar-refractivity contribution in [3.05, 3.63) is 88.2 Å². The summed E-state index contributed by atoms with van der Waals surface area (Å²) in [5, 5.41) is 16.8. The molecule has 14 nitrogen and oxygen atoms in total. The van der Waals surface area contributed by atoms with Crippen LogP contribution in [-0.4, -0.2) is 97.6 Å². The molecule has 8 rings (SSSR count). The molecule has 4 aromatic rings. The number of aryl methyl sites for hydroxylation is 1. The molecule has 4 aliphatic rings. The summed E-state index contributed by atoms with van der Waals surface area (Å²) >= 11 is 0. The van der Waals surface area contributed by atoms with Gasteiger partial charge in [0.2, 0.25) is 5.91 Å². The monoisotopic (exact) mass is 829 g/mol. The molecule has 0 spiro atoms. The number of aliphatic hydroxyl groups is 1. The van der Waals surface area contributed by atoms with Crippen LogP contribution in [0.5, 0.6) is 0 Å². The van der Waals surface area contributed by atoms with Crippen LogP contribution in [0.25, 0.3) is 11.3 Å². The minimum absolute atomic E-state index is 0.0206. The van der Waals surface area contributed by atoms with Crippen LogP contribution >= 0.6 is 0 Å². The van der Waals surface area contributed by atoms with Gasteiger partial charge in [0.1, 0.15) is 11.5 Å². The Hall–Kier alpha value is -5.52. The maximum absolute atomic E-state index is 13.9. The summed E-state index contributed by atoms with van der Waals surface area (Å²) in [4.78, 5) is 55.5. The Kier molecular flexibility index (Phi) is 11.1. The van der Waals surface area contributed by atoms with E-state index < -0.39 is 30.2 Å². The van der Waals surface area contributed by atoms with E-state index in [1.54, 1.807) is 29.8 Å². The Morgan fingerprint density at radius 1 is 1.07 bits per heavy atom. The summed E-state index contributed by atoms with van der Waals surface area (Å²) in [5.41, 5.74) is 3.81. The number of fused-ring (bicyclic) bond motifs is 3. The Morgan fingerprint density at radius 2 is 1.83 bits per heavy atom. The summed E-state index contributed by atoms with van der Waals surface area (Å²) in [7, 11) is 1.58. The highest BCUT2D eigenvalue weighted by Crippen LogP contribution is 2.41. The van der Waals surface area contributed by atoms with Gasteiger partial charge in [-0.1, -0.05) is 6.58 Å². The van der Waals surface area contributed by atoms with Crippen LogP contribution in [0.15, 0.2) is 60.2 Å². The van der Waals surface area contributed by atoms with Crippen molar-refractivity contribution < 1.29 is 32.6 Å². The second-order valence-electron chi connectivity index (χ2n) is 16.4. The molecule has 60 heavy (non-hydrogen) atoms. The lowest BCUT2D eigenvalue weighted by Crippen LogP contribution is -2.55. The SMILES string of the molecule is C=CC(=O)Nc1cc(Nc2nc(-c3ccnc(N4CCn5c(cc6c5C[C@@H](C(F)(F)F)C6)C4=O)c3CO)cn(C)c2=O)ccc1N1CCC(N2C[C@@H](C)O[C@@H](C)C2)C[C@@H]1C. The van der Waals surface area contributed by atoms with Crippen LogP contribution in [0.4, 0.5) is 41.9 Å². The minimum Gasteiger partial charge on any atom is -0.392 e. The first-order valence-electron chi connectivity index (χ1n) is 20.4. The molecule has 1 aromatic carbocycles. The van der Waals surface area contributed by atoms with Gasteiger partial charge in [-0.15, -0.1) is 0 Å². The third kappa shape index (κ3) is 7.81. The van der Waals surface area contributed by atoms with Crippen molar-refractivity contribution in [3.8, 4) is 11.3 Å². The molecule has 2 fully saturated rings. The van der Waals surface area contributed by atoms with Crippen LogP contribution in [0.2, 0.25) is 0 Å². The fourth-order valence-corrected chi connectivity index (χ4v) is 9.50. The first kappa shape index (κ1) is 41.2. The number of aromatic nitrogens is 4. The van der Waals surface area contributed by atoms with Crippen LogP contribution in [0.1, 0.15) is 60.9 Å². The second kappa shape index (κ2) is 16.2. The second-order valence-corrected chi connectivity index (χ2v) is 16.4. The topological polar surface area (TPSA) is 150 Å². The molecule has 3 aromatic heterocycles. The largest absolute Gasteiger partial charge is 0.392 e. The maximum Gasteiger partial charge on any atom is 0.392 e. The number of nitrogens with one attached hydrogen (secondary N) is 2. The molecule has 0 saturated carbocycles. The fourth-order valence-electron chi connectivity index (χ4n) is 9.50. The Labute approximate surface area is 345 Å². The van der Waals surface area contributed by atoms with Crippen molar-refractivity contribution in [1.82, 2.24) is 24.0 Å². The molecule has 2 saturated heterocycles. The van der Waals surface area contributed by atoms with Gasteiger partial charge in [0.15, 0.2) is 5.82 Å². The predicted molar refractivity (Wildman–Crippen MR) is 222 cm³/mol. The van der Waals surface area contributed by atoms with E-state index in [4.69, 9.17) is 9.72 Å². The molecule has 0 bridgehead atoms. The number of nitrogens with zero attached hydrogens (tertiary/aromatic N) is 7. The number of rotatable bonds is 9. The van der Waals surface area contributed by atoms with Gasteiger partial charge in [0.05, 0.1) is 41.8 Å². The zero-order chi connectivity index (χ0) is 42.6. The van der Waals surface area contributed by atoms with Gasteiger partial charge in [-0.25, -0.2) is 9.97 Å². The molecule has 1 unspecified atom stereocenters. The van der Waals surface area contributed by atoms with Crippen molar-refractivity contribution in [2.75, 3.05) is 46.6 Å². The number of anilines is 5. The number of morpholine rings is 1. The average Bonchev–Trinajstić information content (AvgIpc) is 3.79. The number of ether oxygens (including phenoxy) is 1. The molecule has 318 valence electrons. The lowest BCUT2D eigenvalue weighted by atomic mass is 9.94. The standard InChI is InChI=1S/C43H50F3N9O5/c1-6-38(57)49-33-19-29(7-8-35(33)53-12-10-30(15-24(53)2)52-20-25(3)60-26(4)21-52)48-39-42(59)51(5)22-34(50-39)31-9-11-47-40(32(31)23-56)55-14-13-54-36-18-28(43(44,45)46)16-27(36)17-37(54)41(55)58/h6-9,11,17,19,22,24-26,28,30,56H,1,10,12-16,18,20-21,23H2,2-5H3,(H,48,50)(H,49,57)/t24-,25-,26+,28-,30?/m0/s1. The highest BCUT2D eigenvalue weighted by atomic mass is 19.4. The molecule has 3 N–H and O–H groups in total. The van der Waals surface area contributed by atoms with Crippen LogP contribution in [0, 0.1) is 5.92 Å². The number of carbonyl (C=O) groups is 2. The molecular formula is C43H50F3N9O5. The Morgan fingerprint density at radius 3 is 2.53 bits per heavy atom. The quantitative estimate of drug-likeness (QED) is 0.187. The van der Waals surface area contributed by atoms with Gasteiger partial charge in [-0.2, -0.15) is 13.2 Å². The van der Waals surface area contributed by atoms with Crippen LogP contribution < -0.4 is 26.0 Å². The average molecular weight is 830 g/mol. The van der Waals surface area contributed by atoms with E-state index in [9.17, 15) is 32.7 Å². The predicted octanol–water partition coefficient (Wildman–Crippen LogP) is 5.41. The number of halogens is 3. The molecule has 17 heteroatoms. The smallest absolute Gasteiger partial charge is 0.392 e. The molecule has 0 radical (unpaired) electrons. The lowest BCUT2D eigenvalue weighted by molar-refractivity contribution is -0.171. The zero-order valence-corrected chi connectivity index (χ0v) is 34.1. The van der Waals surface area contributed by atoms with Gasteiger partial charge in [-0.05, 0) is 88.4 Å². The van der Waals surface area contributed by atoms with E-state index in [1.807, 2.05) is 12.1 Å². The third-order valence-corrected chi connectivity index (χ3v) is 12.3. The highest BCUT2D eigenvalue weighted by Gasteiger charge is 2.46. The van der Waals surface area contributed by atoms with E-state index >= 15 is 0 Å². The fraction of sp³-hybridized carbons (Fsp3) is 0.465. The van der Waals surface area contributed by atoms with E-state index in [0.717, 1.165) is 38.2 Å². The molecule has 1 aliphatic carbocycles. The number of aliphatic hydroxyl groups excluding tert-OH is 1. The zero-order valence-electron chi connectivity index (χ0n) is 34.1. The maximum atomic E-state index is 13.9. The van der Waals surface area contributed by atoms with Crippen molar-refractivity contribution in [2.45, 2.75) is 90.1 Å². The highest BCUT2D eigenvalue weighted by molar-refractivity contribution is 6.06. The first-order chi connectivity index (χ1) is 28.6. The number of carbonyl (C=O) groups excluding carboxylic acids is 2. The van der Waals surface area contributed by atoms with Gasteiger partial charge in [0, 0.05) is 86.8 Å². The molecule has 2 amide bonds. The van der Waals surface area contributed by atoms with Gasteiger partial charge >= 0.3 is 6.18 Å². The third-order valence-electron chi connectivity index (χ3n) is 12.3. The van der Waals surface area contributed by atoms with E-state index in [1.165, 1.54) is 27.9 Å². The molecular weight excluding hydrogens is 780 g/mol. The summed E-state index contributed by atoms with van der Waals surface area (Å²) in [6, 6.07) is 9.27. The van der Waals surface area contributed by atoms with Crippen molar-refractivity contribution >= 4 is 40.5 Å². The van der Waals surface area contributed by atoms with Crippen molar-refractivity contribution in [3.63, 3.8) is 0 Å². The molecule has 5 atom stereocenters. The number of alkyl halides is 3. The van der Waals surface area contributed by atoms with E-state index in [-0.39, 0.29) is 67.4 Å². The van der Waals surface area contributed by atoms with Gasteiger partial charge in [0.25, 0.3) is 11.5 Å². The normalized spacial score (nSPS) is 23.3. The van der Waals surface area contributed by atoms with Crippen LogP contribution in [-0.2, 0) is 42.6 Å². The summed E-state index contributed by atoms with van der Waals surface area (Å²) in [6.07, 6.45) is 1.82. The number of amides is 2. The summed E-state index contributed by atoms with van der Waals surface area (Å²) < 4.78 is 49.5. The first-order valence-corrected chi connectivity index (χ1v) is 20.4. The van der Waals surface area contributed by atoms with E-state index in [2.05, 4.69) is 52.8 Å². The number of benzene rings is 1.